The van der Waals surface area contributed by atoms with Crippen molar-refractivity contribution >= 4 is 53.9 Å². The highest BCUT2D eigenvalue weighted by atomic mass is 35.5. The fourth-order valence-electron chi connectivity index (χ4n) is 2.38. The largest absolute Gasteiger partial charge is 0.399 e. The molecule has 0 aliphatic carbocycles. The van der Waals surface area contributed by atoms with E-state index in [2.05, 4.69) is 4.98 Å². The molecule has 27 heavy (non-hydrogen) atoms. The highest BCUT2D eigenvalue weighted by Gasteiger charge is 2.34. The summed E-state index contributed by atoms with van der Waals surface area (Å²) >= 11 is 7.20. The molecule has 2 aromatic heterocycles. The lowest BCUT2D eigenvalue weighted by atomic mass is 10.3. The van der Waals surface area contributed by atoms with Crippen molar-refractivity contribution in [2.24, 2.45) is 0 Å². The number of thiophene rings is 1. The SMILES string of the molecule is Nc1ccc(S(=O)(=O)N(CCC(F)(F)F)c2sc3ncccc3c2Cl)cc1. The molecular formula is C16H13ClF3N3O2S2. The number of hydrogen-bond donors (Lipinski definition) is 1. The summed E-state index contributed by atoms with van der Waals surface area (Å²) in [6.07, 6.45) is -4.36. The third kappa shape index (κ3) is 4.12. The maximum Gasteiger partial charge on any atom is 0.390 e. The van der Waals surface area contributed by atoms with Gasteiger partial charge in [0.15, 0.2) is 0 Å². The van der Waals surface area contributed by atoms with Crippen LogP contribution in [0.3, 0.4) is 0 Å². The van der Waals surface area contributed by atoms with Crippen LogP contribution < -0.4 is 10.0 Å². The number of rotatable bonds is 5. The van der Waals surface area contributed by atoms with E-state index >= 15 is 0 Å². The Morgan fingerprint density at radius 2 is 1.85 bits per heavy atom. The van der Waals surface area contributed by atoms with E-state index in [1.165, 1.54) is 30.5 Å². The summed E-state index contributed by atoms with van der Waals surface area (Å²) in [5.74, 6) is 0. The van der Waals surface area contributed by atoms with Gasteiger partial charge >= 0.3 is 6.18 Å². The van der Waals surface area contributed by atoms with Crippen LogP contribution in [0.4, 0.5) is 23.9 Å². The van der Waals surface area contributed by atoms with E-state index in [0.717, 1.165) is 11.3 Å². The van der Waals surface area contributed by atoms with Crippen LogP contribution in [0.1, 0.15) is 6.42 Å². The average molecular weight is 436 g/mol. The number of pyridine rings is 1. The first-order chi connectivity index (χ1) is 12.6. The topological polar surface area (TPSA) is 76.3 Å². The van der Waals surface area contributed by atoms with Gasteiger partial charge in [-0.15, -0.1) is 0 Å². The smallest absolute Gasteiger partial charge is 0.390 e. The summed E-state index contributed by atoms with van der Waals surface area (Å²) in [6, 6.07) is 8.45. The molecule has 11 heteroatoms. The third-order valence-corrected chi connectivity index (χ3v) is 7.24. The van der Waals surface area contributed by atoms with E-state index < -0.39 is 29.2 Å². The maximum absolute atomic E-state index is 13.0. The molecular weight excluding hydrogens is 423 g/mol. The molecule has 0 amide bonds. The Morgan fingerprint density at radius 1 is 1.19 bits per heavy atom. The second-order valence-corrected chi connectivity index (χ2v) is 8.81. The van der Waals surface area contributed by atoms with Crippen molar-refractivity contribution in [2.45, 2.75) is 17.5 Å². The quantitative estimate of drug-likeness (QED) is 0.590. The van der Waals surface area contributed by atoms with Crippen LogP contribution in [0.2, 0.25) is 5.02 Å². The number of sulfonamides is 1. The molecule has 144 valence electrons. The van der Waals surface area contributed by atoms with Gasteiger partial charge in [0.05, 0.1) is 16.3 Å². The van der Waals surface area contributed by atoms with Gasteiger partial charge in [0.1, 0.15) is 9.83 Å². The van der Waals surface area contributed by atoms with Gasteiger partial charge in [-0.25, -0.2) is 13.4 Å². The van der Waals surface area contributed by atoms with Gasteiger partial charge in [0.2, 0.25) is 0 Å². The van der Waals surface area contributed by atoms with Crippen LogP contribution in [0, 0.1) is 0 Å². The number of hydrogen-bond acceptors (Lipinski definition) is 5. The molecule has 0 saturated carbocycles. The number of nitrogens with zero attached hydrogens (tertiary/aromatic N) is 2. The summed E-state index contributed by atoms with van der Waals surface area (Å²) in [4.78, 5) is 4.35. The number of nitrogen functional groups attached to an aromatic ring is 1. The molecule has 0 spiro atoms. The zero-order chi connectivity index (χ0) is 19.8. The Hall–Kier alpha value is -2.04. The van der Waals surface area contributed by atoms with Crippen LogP contribution in [0.25, 0.3) is 10.2 Å². The lowest BCUT2D eigenvalue weighted by Gasteiger charge is -2.24. The summed E-state index contributed by atoms with van der Waals surface area (Å²) in [5.41, 5.74) is 5.90. The van der Waals surface area contributed by atoms with Crippen molar-refractivity contribution in [3.8, 4) is 0 Å². The van der Waals surface area contributed by atoms with E-state index in [1.54, 1.807) is 12.1 Å². The number of alkyl halides is 3. The molecule has 0 fully saturated rings. The summed E-state index contributed by atoms with van der Waals surface area (Å²) in [5, 5.41) is 0.513. The minimum absolute atomic E-state index is 0.00792. The third-order valence-electron chi connectivity index (χ3n) is 3.68. The normalized spacial score (nSPS) is 12.4. The Balaban J connectivity index is 2.12. The number of nitrogens with two attached hydrogens (primary N) is 1. The van der Waals surface area contributed by atoms with Gasteiger partial charge in [-0.05, 0) is 36.4 Å². The number of aromatic nitrogens is 1. The second kappa shape index (κ2) is 7.17. The molecule has 5 nitrogen and oxygen atoms in total. The Kier molecular flexibility index (Phi) is 5.24. The molecule has 2 heterocycles. The first-order valence-electron chi connectivity index (χ1n) is 7.57. The zero-order valence-electron chi connectivity index (χ0n) is 13.6. The highest BCUT2D eigenvalue weighted by molar-refractivity contribution is 7.93. The van der Waals surface area contributed by atoms with E-state index in [0.29, 0.717) is 20.2 Å². The fourth-order valence-corrected chi connectivity index (χ4v) is 5.61. The summed E-state index contributed by atoms with van der Waals surface area (Å²) < 4.78 is 65.2. The zero-order valence-corrected chi connectivity index (χ0v) is 16.0. The minimum Gasteiger partial charge on any atom is -0.399 e. The monoisotopic (exact) mass is 435 g/mol. The standard InChI is InChI=1S/C16H13ClF3N3O2S2/c17-13-12-2-1-8-22-14(12)26-15(13)23(9-7-16(18,19)20)27(24,25)11-5-3-10(21)4-6-11/h1-6,8H,7,9,21H2. The van der Waals surface area contributed by atoms with E-state index in [4.69, 9.17) is 17.3 Å². The number of benzene rings is 1. The summed E-state index contributed by atoms with van der Waals surface area (Å²) in [6.45, 7) is -0.803. The van der Waals surface area contributed by atoms with E-state index in [9.17, 15) is 21.6 Å². The maximum atomic E-state index is 13.0. The lowest BCUT2D eigenvalue weighted by Crippen LogP contribution is -2.34. The van der Waals surface area contributed by atoms with Crippen molar-refractivity contribution in [3.63, 3.8) is 0 Å². The molecule has 0 aliphatic rings. The van der Waals surface area contributed by atoms with Gasteiger partial charge in [-0.1, -0.05) is 22.9 Å². The average Bonchev–Trinajstić information content (AvgIpc) is 2.91. The van der Waals surface area contributed by atoms with E-state index in [-0.39, 0.29) is 14.9 Å². The van der Waals surface area contributed by atoms with Crippen LogP contribution in [0.15, 0.2) is 47.5 Å². The first kappa shape index (κ1) is 19.7. The van der Waals surface area contributed by atoms with Gasteiger partial charge in [-0.3, -0.25) is 4.31 Å². The summed E-state index contributed by atoms with van der Waals surface area (Å²) in [7, 11) is -4.29. The number of halogens is 4. The van der Waals surface area contributed by atoms with Crippen LogP contribution in [0.5, 0.6) is 0 Å². The lowest BCUT2D eigenvalue weighted by molar-refractivity contribution is -0.131. The molecule has 0 atom stereocenters. The van der Waals surface area contributed by atoms with Crippen molar-refractivity contribution in [3.05, 3.63) is 47.6 Å². The first-order valence-corrected chi connectivity index (χ1v) is 10.2. The highest BCUT2D eigenvalue weighted by Crippen LogP contribution is 2.43. The molecule has 0 unspecified atom stereocenters. The molecule has 0 aliphatic heterocycles. The van der Waals surface area contributed by atoms with Crippen molar-refractivity contribution in [1.82, 2.24) is 4.98 Å². The molecule has 0 saturated heterocycles. The molecule has 0 bridgehead atoms. The number of fused-ring (bicyclic) bond motifs is 1. The Labute approximate surface area is 162 Å². The predicted octanol–water partition coefficient (Wildman–Crippen LogP) is 4.68. The molecule has 2 N–H and O–H groups in total. The van der Waals surface area contributed by atoms with E-state index in [1.807, 2.05) is 0 Å². The van der Waals surface area contributed by atoms with Crippen molar-refractivity contribution in [2.75, 3.05) is 16.6 Å². The molecule has 1 aromatic carbocycles. The van der Waals surface area contributed by atoms with Gasteiger partial charge < -0.3 is 5.73 Å². The second-order valence-electron chi connectivity index (χ2n) is 5.59. The molecule has 3 aromatic rings. The number of anilines is 2. The fraction of sp³-hybridized carbons (Fsp3) is 0.188. The molecule has 0 radical (unpaired) electrons. The van der Waals surface area contributed by atoms with Crippen LogP contribution >= 0.6 is 22.9 Å². The van der Waals surface area contributed by atoms with Crippen LogP contribution in [-0.2, 0) is 10.0 Å². The molecule has 3 rings (SSSR count). The van der Waals surface area contributed by atoms with Gasteiger partial charge in [0, 0.05) is 23.8 Å². The van der Waals surface area contributed by atoms with Crippen molar-refractivity contribution in [1.29, 1.82) is 0 Å². The van der Waals surface area contributed by atoms with Gasteiger partial charge in [-0.2, -0.15) is 13.2 Å². The minimum atomic E-state index is -4.53. The Morgan fingerprint density at radius 3 is 2.44 bits per heavy atom. The van der Waals surface area contributed by atoms with Crippen LogP contribution in [-0.4, -0.2) is 26.1 Å². The van der Waals surface area contributed by atoms with Crippen molar-refractivity contribution < 1.29 is 21.6 Å². The Bertz CT molecular complexity index is 1070. The predicted molar refractivity (Wildman–Crippen MR) is 101 cm³/mol. The van der Waals surface area contributed by atoms with Gasteiger partial charge in [0.25, 0.3) is 10.0 Å².